The van der Waals surface area contributed by atoms with Crippen LogP contribution in [0, 0.1) is 5.41 Å². The number of hydrogen-bond donors (Lipinski definition) is 2. The van der Waals surface area contributed by atoms with E-state index < -0.39 is 0 Å². The fraction of sp³-hybridized carbons (Fsp3) is 0.538. The Hall–Kier alpha value is -1.64. The van der Waals surface area contributed by atoms with Gasteiger partial charge in [-0.05, 0) is 59.6 Å². The van der Waals surface area contributed by atoms with Crippen LogP contribution in [0.3, 0.4) is 0 Å². The van der Waals surface area contributed by atoms with Gasteiger partial charge in [-0.15, -0.1) is 0 Å². The van der Waals surface area contributed by atoms with Crippen LogP contribution in [-0.4, -0.2) is 13.1 Å². The van der Waals surface area contributed by atoms with Crippen LogP contribution in [0.25, 0.3) is 0 Å². The standard InChI is InChI=1S/C26H40N2/c1-5-22(24-10-8-7-9-11-24)18-26(3,4)19-23(6-2)25-14-12-21(13-15-25)20-28-17-16-27/h7-15,22-23,28H,5-6,16-20,27H2,1-4H3. The number of nitrogens with one attached hydrogen (secondary N) is 1. The molecular formula is C26H40N2. The minimum atomic E-state index is 0.318. The lowest BCUT2D eigenvalue weighted by Gasteiger charge is -2.33. The predicted molar refractivity (Wildman–Crippen MR) is 123 cm³/mol. The van der Waals surface area contributed by atoms with Crippen molar-refractivity contribution in [2.24, 2.45) is 11.1 Å². The molecule has 0 spiro atoms. The molecule has 0 aromatic heterocycles. The zero-order valence-electron chi connectivity index (χ0n) is 18.4. The summed E-state index contributed by atoms with van der Waals surface area (Å²) < 4.78 is 0. The second kappa shape index (κ2) is 11.4. The third kappa shape index (κ3) is 7.07. The second-order valence-electron chi connectivity index (χ2n) is 8.90. The van der Waals surface area contributed by atoms with E-state index in [0.717, 1.165) is 13.1 Å². The Labute approximate surface area is 172 Å². The molecule has 2 rings (SSSR count). The molecule has 0 bridgehead atoms. The largest absolute Gasteiger partial charge is 0.329 e. The summed E-state index contributed by atoms with van der Waals surface area (Å²) in [5, 5.41) is 3.37. The van der Waals surface area contributed by atoms with Gasteiger partial charge in [-0.25, -0.2) is 0 Å². The molecular weight excluding hydrogens is 340 g/mol. The predicted octanol–water partition coefficient (Wildman–Crippen LogP) is 6.23. The summed E-state index contributed by atoms with van der Waals surface area (Å²) in [7, 11) is 0. The first kappa shape index (κ1) is 22.6. The maximum atomic E-state index is 5.55. The van der Waals surface area contributed by atoms with Gasteiger partial charge in [0.15, 0.2) is 0 Å². The van der Waals surface area contributed by atoms with E-state index in [4.69, 9.17) is 5.73 Å². The average Bonchev–Trinajstić information content (AvgIpc) is 2.72. The fourth-order valence-electron chi connectivity index (χ4n) is 4.38. The van der Waals surface area contributed by atoms with Crippen LogP contribution in [0.5, 0.6) is 0 Å². The topological polar surface area (TPSA) is 38.0 Å². The summed E-state index contributed by atoms with van der Waals surface area (Å²) in [6.07, 6.45) is 4.87. The summed E-state index contributed by atoms with van der Waals surface area (Å²) in [6.45, 7) is 12.0. The lowest BCUT2D eigenvalue weighted by molar-refractivity contribution is 0.253. The quantitative estimate of drug-likeness (QED) is 0.428. The van der Waals surface area contributed by atoms with Gasteiger partial charge < -0.3 is 11.1 Å². The number of hydrogen-bond acceptors (Lipinski definition) is 2. The molecule has 2 unspecified atom stereocenters. The van der Waals surface area contributed by atoms with E-state index in [0.29, 0.717) is 23.8 Å². The SMILES string of the molecule is CCC(CC(C)(C)CC(CC)c1ccc(CNCCN)cc1)c1ccccc1. The van der Waals surface area contributed by atoms with Gasteiger partial charge >= 0.3 is 0 Å². The minimum absolute atomic E-state index is 0.318. The molecule has 0 aliphatic rings. The van der Waals surface area contributed by atoms with E-state index in [2.05, 4.69) is 87.6 Å². The van der Waals surface area contributed by atoms with Crippen molar-refractivity contribution in [3.05, 3.63) is 71.3 Å². The third-order valence-corrected chi connectivity index (χ3v) is 5.96. The molecule has 2 aromatic rings. The molecule has 0 saturated heterocycles. The Morgan fingerprint density at radius 3 is 1.86 bits per heavy atom. The summed E-state index contributed by atoms with van der Waals surface area (Å²) >= 11 is 0. The van der Waals surface area contributed by atoms with Gasteiger partial charge in [0.25, 0.3) is 0 Å². The average molecular weight is 381 g/mol. The minimum Gasteiger partial charge on any atom is -0.329 e. The lowest BCUT2D eigenvalue weighted by Crippen LogP contribution is -2.22. The highest BCUT2D eigenvalue weighted by Crippen LogP contribution is 2.41. The molecule has 0 amide bonds. The van der Waals surface area contributed by atoms with Crippen molar-refractivity contribution in [1.29, 1.82) is 0 Å². The Bertz CT molecular complexity index is 661. The van der Waals surface area contributed by atoms with Gasteiger partial charge in [-0.1, -0.05) is 82.3 Å². The molecule has 0 aliphatic heterocycles. The highest BCUT2D eigenvalue weighted by Gasteiger charge is 2.27. The van der Waals surface area contributed by atoms with E-state index in [1.54, 1.807) is 0 Å². The van der Waals surface area contributed by atoms with Gasteiger partial charge in [0, 0.05) is 19.6 Å². The van der Waals surface area contributed by atoms with Crippen molar-refractivity contribution in [1.82, 2.24) is 5.32 Å². The summed E-state index contributed by atoms with van der Waals surface area (Å²) in [5.41, 5.74) is 10.2. The van der Waals surface area contributed by atoms with E-state index >= 15 is 0 Å². The molecule has 0 saturated carbocycles. The van der Waals surface area contributed by atoms with Crippen LogP contribution in [0.2, 0.25) is 0 Å². The van der Waals surface area contributed by atoms with Crippen LogP contribution in [0.1, 0.15) is 81.9 Å². The van der Waals surface area contributed by atoms with Crippen LogP contribution in [0.15, 0.2) is 54.6 Å². The summed E-state index contributed by atoms with van der Waals surface area (Å²) in [4.78, 5) is 0. The van der Waals surface area contributed by atoms with Crippen molar-refractivity contribution in [3.63, 3.8) is 0 Å². The van der Waals surface area contributed by atoms with Crippen LogP contribution in [-0.2, 0) is 6.54 Å². The van der Waals surface area contributed by atoms with E-state index in [-0.39, 0.29) is 0 Å². The van der Waals surface area contributed by atoms with Crippen molar-refractivity contribution < 1.29 is 0 Å². The molecule has 2 heteroatoms. The molecule has 0 heterocycles. The zero-order chi connectivity index (χ0) is 20.4. The van der Waals surface area contributed by atoms with Gasteiger partial charge in [0.1, 0.15) is 0 Å². The molecule has 0 radical (unpaired) electrons. The highest BCUT2D eigenvalue weighted by atomic mass is 14.9. The Kier molecular flexibility index (Phi) is 9.21. The Morgan fingerprint density at radius 1 is 0.821 bits per heavy atom. The fourth-order valence-corrected chi connectivity index (χ4v) is 4.38. The molecule has 154 valence electrons. The zero-order valence-corrected chi connectivity index (χ0v) is 18.4. The van der Waals surface area contributed by atoms with Crippen molar-refractivity contribution in [3.8, 4) is 0 Å². The van der Waals surface area contributed by atoms with E-state index in [1.807, 2.05) is 0 Å². The van der Waals surface area contributed by atoms with Crippen LogP contribution in [0.4, 0.5) is 0 Å². The first-order valence-corrected chi connectivity index (χ1v) is 11.0. The van der Waals surface area contributed by atoms with Crippen LogP contribution < -0.4 is 11.1 Å². The van der Waals surface area contributed by atoms with Gasteiger partial charge in [0.2, 0.25) is 0 Å². The second-order valence-corrected chi connectivity index (χ2v) is 8.90. The smallest absolute Gasteiger partial charge is 0.0206 e. The third-order valence-electron chi connectivity index (χ3n) is 5.96. The molecule has 2 nitrogen and oxygen atoms in total. The van der Waals surface area contributed by atoms with Crippen molar-refractivity contribution in [2.75, 3.05) is 13.1 Å². The monoisotopic (exact) mass is 380 g/mol. The van der Waals surface area contributed by atoms with Crippen molar-refractivity contribution >= 4 is 0 Å². The molecule has 28 heavy (non-hydrogen) atoms. The number of rotatable bonds is 12. The van der Waals surface area contributed by atoms with Crippen molar-refractivity contribution in [2.45, 2.75) is 71.8 Å². The van der Waals surface area contributed by atoms with E-state index in [9.17, 15) is 0 Å². The maximum Gasteiger partial charge on any atom is 0.0206 e. The molecule has 0 aliphatic carbocycles. The molecule has 3 N–H and O–H groups in total. The molecule has 0 fully saturated rings. The van der Waals surface area contributed by atoms with Crippen LogP contribution >= 0.6 is 0 Å². The number of nitrogens with two attached hydrogens (primary N) is 1. The summed E-state index contributed by atoms with van der Waals surface area (Å²) in [6, 6.07) is 20.2. The van der Waals surface area contributed by atoms with Gasteiger partial charge in [-0.2, -0.15) is 0 Å². The Morgan fingerprint density at radius 2 is 1.36 bits per heavy atom. The molecule has 2 aromatic carbocycles. The molecule has 2 atom stereocenters. The van der Waals surface area contributed by atoms with Gasteiger partial charge in [0.05, 0.1) is 0 Å². The lowest BCUT2D eigenvalue weighted by atomic mass is 9.72. The number of benzene rings is 2. The van der Waals surface area contributed by atoms with Gasteiger partial charge in [-0.3, -0.25) is 0 Å². The highest BCUT2D eigenvalue weighted by molar-refractivity contribution is 5.26. The maximum absolute atomic E-state index is 5.55. The first-order chi connectivity index (χ1) is 13.5. The summed E-state index contributed by atoms with van der Waals surface area (Å²) in [5.74, 6) is 1.26. The first-order valence-electron chi connectivity index (χ1n) is 11.0. The normalized spacial score (nSPS) is 14.0. The Balaban J connectivity index is 2.01. The van der Waals surface area contributed by atoms with E-state index in [1.165, 1.54) is 42.4 Å².